The highest BCUT2D eigenvalue weighted by molar-refractivity contribution is 5.79. The van der Waals surface area contributed by atoms with E-state index in [1.165, 1.54) is 0 Å². The number of hydrogen-bond donors (Lipinski definition) is 1. The maximum Gasteiger partial charge on any atom is 0.327 e. The van der Waals surface area contributed by atoms with Crippen LogP contribution in [0.2, 0.25) is 0 Å². The Morgan fingerprint density at radius 1 is 1.69 bits per heavy atom. The van der Waals surface area contributed by atoms with Crippen LogP contribution in [0.3, 0.4) is 0 Å². The second-order valence-electron chi connectivity index (χ2n) is 2.92. The van der Waals surface area contributed by atoms with E-state index in [0.717, 1.165) is 18.4 Å². The number of carbonyl (C=O) groups is 1. The smallest absolute Gasteiger partial charge is 0.327 e. The monoisotopic (exact) mass is 181 g/mol. The molecule has 0 fully saturated rings. The fourth-order valence-electron chi connectivity index (χ4n) is 1.26. The van der Waals surface area contributed by atoms with Crippen LogP contribution < -0.4 is 5.73 Å². The Hall–Kier alpha value is -1.09. The zero-order chi connectivity index (χ0) is 9.68. The molecule has 0 amide bonds. The summed E-state index contributed by atoms with van der Waals surface area (Å²) in [5.74, 6) is -0.330. The maximum absolute atomic E-state index is 11.2. The van der Waals surface area contributed by atoms with Gasteiger partial charge < -0.3 is 10.5 Å². The zero-order valence-corrected chi connectivity index (χ0v) is 7.82. The third-order valence-electron chi connectivity index (χ3n) is 1.98. The van der Waals surface area contributed by atoms with Crippen LogP contribution in [0.5, 0.6) is 0 Å². The van der Waals surface area contributed by atoms with E-state index < -0.39 is 6.04 Å². The topological polar surface area (TPSA) is 52.3 Å². The Labute approximate surface area is 78.3 Å². The Balaban J connectivity index is 2.51. The predicted molar refractivity (Wildman–Crippen MR) is 51.1 cm³/mol. The Morgan fingerprint density at radius 2 is 2.46 bits per heavy atom. The first kappa shape index (κ1) is 9.99. The van der Waals surface area contributed by atoms with Crippen LogP contribution in [0.15, 0.2) is 23.8 Å². The molecule has 3 nitrogen and oxygen atoms in total. The molecule has 0 spiro atoms. The summed E-state index contributed by atoms with van der Waals surface area (Å²) in [7, 11) is 0. The number of ether oxygens (including phenoxy) is 1. The second-order valence-corrected chi connectivity index (χ2v) is 2.92. The molecular weight excluding hydrogens is 166 g/mol. The van der Waals surface area contributed by atoms with Crippen LogP contribution >= 0.6 is 0 Å². The summed E-state index contributed by atoms with van der Waals surface area (Å²) in [4.78, 5) is 11.2. The average Bonchev–Trinajstić information content (AvgIpc) is 2.18. The molecule has 0 bridgehead atoms. The lowest BCUT2D eigenvalue weighted by molar-refractivity contribution is -0.143. The zero-order valence-electron chi connectivity index (χ0n) is 7.82. The molecule has 13 heavy (non-hydrogen) atoms. The third kappa shape index (κ3) is 2.70. The molecule has 1 rings (SSSR count). The van der Waals surface area contributed by atoms with E-state index in [-0.39, 0.29) is 5.97 Å². The van der Waals surface area contributed by atoms with Gasteiger partial charge in [-0.05, 0) is 25.3 Å². The molecule has 0 heterocycles. The first-order valence-electron chi connectivity index (χ1n) is 4.52. The van der Waals surface area contributed by atoms with E-state index in [9.17, 15) is 4.79 Å². The van der Waals surface area contributed by atoms with Gasteiger partial charge in [0.2, 0.25) is 0 Å². The lowest BCUT2D eigenvalue weighted by atomic mass is 9.99. The number of allylic oxidation sites excluding steroid dienone is 3. The standard InChI is InChI=1S/C10H15NO2/c1-2-13-10(12)9(11)8-6-4-3-5-7-8/h3-4,7,9H,2,5-6,11H2,1H3/t9-/m1/s1. The number of rotatable bonds is 3. The summed E-state index contributed by atoms with van der Waals surface area (Å²) in [6.07, 6.45) is 7.69. The highest BCUT2D eigenvalue weighted by atomic mass is 16.5. The third-order valence-corrected chi connectivity index (χ3v) is 1.98. The quantitative estimate of drug-likeness (QED) is 0.525. The molecule has 0 aromatic rings. The lowest BCUT2D eigenvalue weighted by Crippen LogP contribution is -2.34. The molecule has 72 valence electrons. The number of esters is 1. The van der Waals surface area contributed by atoms with E-state index in [4.69, 9.17) is 10.5 Å². The molecule has 0 radical (unpaired) electrons. The van der Waals surface area contributed by atoms with Gasteiger partial charge in [-0.1, -0.05) is 18.2 Å². The molecule has 1 atom stereocenters. The number of hydrogen-bond acceptors (Lipinski definition) is 3. The molecule has 2 N–H and O–H groups in total. The van der Waals surface area contributed by atoms with Gasteiger partial charge in [0, 0.05) is 0 Å². The summed E-state index contributed by atoms with van der Waals surface area (Å²) in [5, 5.41) is 0. The molecule has 0 aromatic carbocycles. The fraction of sp³-hybridized carbons (Fsp3) is 0.500. The Morgan fingerprint density at radius 3 is 3.00 bits per heavy atom. The molecule has 0 aliphatic heterocycles. The molecular formula is C10H15NO2. The van der Waals surface area contributed by atoms with E-state index >= 15 is 0 Å². The van der Waals surface area contributed by atoms with E-state index in [0.29, 0.717) is 6.61 Å². The van der Waals surface area contributed by atoms with Crippen molar-refractivity contribution in [3.05, 3.63) is 23.8 Å². The van der Waals surface area contributed by atoms with Crippen molar-refractivity contribution in [1.29, 1.82) is 0 Å². The van der Waals surface area contributed by atoms with Gasteiger partial charge in [0.05, 0.1) is 6.61 Å². The number of carbonyl (C=O) groups excluding carboxylic acids is 1. The van der Waals surface area contributed by atoms with E-state index in [1.54, 1.807) is 6.92 Å². The van der Waals surface area contributed by atoms with Crippen LogP contribution in [0.1, 0.15) is 19.8 Å². The Kier molecular flexibility index (Phi) is 3.71. The summed E-state index contributed by atoms with van der Waals surface area (Å²) in [6, 6.07) is -0.579. The SMILES string of the molecule is CCOC(=O)[C@H](N)C1=CCC=CC1. The van der Waals surface area contributed by atoms with Crippen LogP contribution in [0.4, 0.5) is 0 Å². The van der Waals surface area contributed by atoms with Crippen molar-refractivity contribution in [2.24, 2.45) is 5.73 Å². The van der Waals surface area contributed by atoms with Crippen molar-refractivity contribution in [2.45, 2.75) is 25.8 Å². The largest absolute Gasteiger partial charge is 0.465 e. The van der Waals surface area contributed by atoms with Gasteiger partial charge in [-0.3, -0.25) is 4.79 Å². The highest BCUT2D eigenvalue weighted by Crippen LogP contribution is 2.14. The minimum Gasteiger partial charge on any atom is -0.465 e. The first-order chi connectivity index (χ1) is 6.25. The van der Waals surface area contributed by atoms with Gasteiger partial charge in [0.1, 0.15) is 6.04 Å². The average molecular weight is 181 g/mol. The molecule has 1 aliphatic rings. The van der Waals surface area contributed by atoms with Crippen LogP contribution in [-0.4, -0.2) is 18.6 Å². The molecule has 3 heteroatoms. The predicted octanol–water partition coefficient (Wildman–Crippen LogP) is 1.15. The molecule has 0 saturated carbocycles. The van der Waals surface area contributed by atoms with Crippen molar-refractivity contribution in [3.8, 4) is 0 Å². The van der Waals surface area contributed by atoms with Crippen molar-refractivity contribution in [2.75, 3.05) is 6.61 Å². The van der Waals surface area contributed by atoms with Crippen LogP contribution in [0, 0.1) is 0 Å². The maximum atomic E-state index is 11.2. The van der Waals surface area contributed by atoms with Gasteiger partial charge in [0.15, 0.2) is 0 Å². The van der Waals surface area contributed by atoms with Crippen molar-refractivity contribution in [3.63, 3.8) is 0 Å². The van der Waals surface area contributed by atoms with Crippen molar-refractivity contribution < 1.29 is 9.53 Å². The summed E-state index contributed by atoms with van der Waals surface area (Å²) < 4.78 is 4.83. The summed E-state index contributed by atoms with van der Waals surface area (Å²) in [5.41, 5.74) is 6.66. The van der Waals surface area contributed by atoms with Gasteiger partial charge in [-0.2, -0.15) is 0 Å². The number of nitrogens with two attached hydrogens (primary N) is 1. The van der Waals surface area contributed by atoms with Crippen molar-refractivity contribution in [1.82, 2.24) is 0 Å². The van der Waals surface area contributed by atoms with Crippen LogP contribution in [-0.2, 0) is 9.53 Å². The van der Waals surface area contributed by atoms with Crippen molar-refractivity contribution >= 4 is 5.97 Å². The first-order valence-corrected chi connectivity index (χ1v) is 4.52. The Bertz CT molecular complexity index is 243. The minimum absolute atomic E-state index is 0.330. The fourth-order valence-corrected chi connectivity index (χ4v) is 1.26. The van der Waals surface area contributed by atoms with Gasteiger partial charge in [-0.15, -0.1) is 0 Å². The van der Waals surface area contributed by atoms with Gasteiger partial charge in [0.25, 0.3) is 0 Å². The molecule has 1 aliphatic carbocycles. The lowest BCUT2D eigenvalue weighted by Gasteiger charge is -2.15. The van der Waals surface area contributed by atoms with Gasteiger partial charge >= 0.3 is 5.97 Å². The summed E-state index contributed by atoms with van der Waals surface area (Å²) in [6.45, 7) is 2.16. The van der Waals surface area contributed by atoms with Gasteiger partial charge in [-0.25, -0.2) is 0 Å². The van der Waals surface area contributed by atoms with Crippen LogP contribution in [0.25, 0.3) is 0 Å². The molecule has 0 unspecified atom stereocenters. The highest BCUT2D eigenvalue weighted by Gasteiger charge is 2.18. The van der Waals surface area contributed by atoms with E-state index in [1.807, 2.05) is 12.2 Å². The second kappa shape index (κ2) is 4.82. The molecule has 0 aromatic heterocycles. The minimum atomic E-state index is -0.579. The molecule has 0 saturated heterocycles. The normalized spacial score (nSPS) is 17.8. The van der Waals surface area contributed by atoms with E-state index in [2.05, 4.69) is 6.08 Å². The summed E-state index contributed by atoms with van der Waals surface area (Å²) >= 11 is 0.